The van der Waals surface area contributed by atoms with Gasteiger partial charge in [-0.05, 0) is 32.0 Å². The second-order valence-corrected chi connectivity index (χ2v) is 3.99. The van der Waals surface area contributed by atoms with Gasteiger partial charge in [0.2, 0.25) is 0 Å². The van der Waals surface area contributed by atoms with Gasteiger partial charge in [-0.1, -0.05) is 12.1 Å². The Morgan fingerprint density at radius 2 is 2.25 bits per heavy atom. The van der Waals surface area contributed by atoms with E-state index in [0.29, 0.717) is 6.04 Å². The minimum absolute atomic E-state index is 0.437. The highest BCUT2D eigenvalue weighted by molar-refractivity contribution is 5.86. The molecule has 16 heavy (non-hydrogen) atoms. The quantitative estimate of drug-likeness (QED) is 0.858. The molecule has 0 saturated heterocycles. The zero-order valence-electron chi connectivity index (χ0n) is 9.91. The maximum Gasteiger partial charge on any atom is 0.175 e. The summed E-state index contributed by atoms with van der Waals surface area (Å²) >= 11 is 0. The number of fused-ring (bicyclic) bond motifs is 1. The average Bonchev–Trinajstić information content (AvgIpc) is 2.72. The van der Waals surface area contributed by atoms with Crippen molar-refractivity contribution in [2.45, 2.75) is 19.4 Å². The fraction of sp³-hybridized carbons (Fsp3) is 0.385. The zero-order chi connectivity index (χ0) is 11.5. The molecule has 1 aromatic heterocycles. The first-order valence-electron chi connectivity index (χ1n) is 5.46. The van der Waals surface area contributed by atoms with Crippen LogP contribution in [0.3, 0.4) is 0 Å². The van der Waals surface area contributed by atoms with Gasteiger partial charge in [0.05, 0.1) is 13.4 Å². The van der Waals surface area contributed by atoms with Crippen molar-refractivity contribution in [1.29, 1.82) is 0 Å². The standard InChI is InChI=1S/C13H17NO2/c1-9(14-2)7-10-8-16-13-11(10)5-4-6-12(13)15-3/h4-6,8-9,14H,7H2,1-3H3. The second-order valence-electron chi connectivity index (χ2n) is 3.99. The summed E-state index contributed by atoms with van der Waals surface area (Å²) in [7, 11) is 3.63. The van der Waals surface area contributed by atoms with E-state index in [-0.39, 0.29) is 0 Å². The number of furan rings is 1. The van der Waals surface area contributed by atoms with Gasteiger partial charge < -0.3 is 14.5 Å². The van der Waals surface area contributed by atoms with E-state index in [2.05, 4.69) is 18.3 Å². The number of methoxy groups -OCH3 is 1. The lowest BCUT2D eigenvalue weighted by Gasteiger charge is -2.08. The molecule has 0 amide bonds. The number of hydrogen-bond acceptors (Lipinski definition) is 3. The molecule has 3 heteroatoms. The Morgan fingerprint density at radius 1 is 1.44 bits per heavy atom. The molecule has 1 atom stereocenters. The molecule has 1 unspecified atom stereocenters. The van der Waals surface area contributed by atoms with E-state index in [9.17, 15) is 0 Å². The number of hydrogen-bond donors (Lipinski definition) is 1. The van der Waals surface area contributed by atoms with Crippen LogP contribution in [0.1, 0.15) is 12.5 Å². The zero-order valence-corrected chi connectivity index (χ0v) is 9.91. The van der Waals surface area contributed by atoms with E-state index < -0.39 is 0 Å². The third kappa shape index (κ3) is 1.91. The molecule has 0 bridgehead atoms. The summed E-state index contributed by atoms with van der Waals surface area (Å²) in [6, 6.07) is 6.41. The molecule has 1 N–H and O–H groups in total. The van der Waals surface area contributed by atoms with E-state index in [4.69, 9.17) is 9.15 Å². The first-order chi connectivity index (χ1) is 7.76. The molecular weight excluding hydrogens is 202 g/mol. The Morgan fingerprint density at radius 3 is 2.94 bits per heavy atom. The highest BCUT2D eigenvalue weighted by atomic mass is 16.5. The summed E-state index contributed by atoms with van der Waals surface area (Å²) < 4.78 is 10.8. The summed E-state index contributed by atoms with van der Waals surface area (Å²) in [6.45, 7) is 2.15. The van der Waals surface area contributed by atoms with Crippen LogP contribution in [0.4, 0.5) is 0 Å². The van der Waals surface area contributed by atoms with Gasteiger partial charge in [0.1, 0.15) is 0 Å². The lowest BCUT2D eigenvalue weighted by molar-refractivity contribution is 0.410. The van der Waals surface area contributed by atoms with Crippen molar-refractivity contribution in [2.75, 3.05) is 14.2 Å². The second kappa shape index (κ2) is 4.58. The van der Waals surface area contributed by atoms with Gasteiger partial charge in [0.25, 0.3) is 0 Å². The topological polar surface area (TPSA) is 34.4 Å². The summed E-state index contributed by atoms with van der Waals surface area (Å²) in [4.78, 5) is 0. The number of benzene rings is 1. The summed E-state index contributed by atoms with van der Waals surface area (Å²) in [5.74, 6) is 0.792. The molecular formula is C13H17NO2. The minimum Gasteiger partial charge on any atom is -0.493 e. The van der Waals surface area contributed by atoms with Crippen molar-refractivity contribution in [1.82, 2.24) is 5.32 Å². The number of ether oxygens (including phenoxy) is 1. The number of para-hydroxylation sites is 1. The van der Waals surface area contributed by atoms with Gasteiger partial charge in [-0.15, -0.1) is 0 Å². The number of rotatable bonds is 4. The van der Waals surface area contributed by atoms with Crippen LogP contribution in [0, 0.1) is 0 Å². The van der Waals surface area contributed by atoms with Crippen molar-refractivity contribution >= 4 is 11.0 Å². The van der Waals surface area contributed by atoms with Gasteiger partial charge >= 0.3 is 0 Å². The lowest BCUT2D eigenvalue weighted by atomic mass is 10.1. The highest BCUT2D eigenvalue weighted by Gasteiger charge is 2.11. The number of nitrogens with one attached hydrogen (secondary N) is 1. The van der Waals surface area contributed by atoms with Crippen LogP contribution in [-0.4, -0.2) is 20.2 Å². The normalized spacial score (nSPS) is 12.9. The Hall–Kier alpha value is -1.48. The van der Waals surface area contributed by atoms with Crippen molar-refractivity contribution in [3.8, 4) is 5.75 Å². The van der Waals surface area contributed by atoms with E-state index in [1.807, 2.05) is 25.4 Å². The van der Waals surface area contributed by atoms with Crippen molar-refractivity contribution < 1.29 is 9.15 Å². The average molecular weight is 219 g/mol. The van der Waals surface area contributed by atoms with Crippen molar-refractivity contribution in [3.05, 3.63) is 30.0 Å². The van der Waals surface area contributed by atoms with Gasteiger partial charge in [-0.3, -0.25) is 0 Å². The lowest BCUT2D eigenvalue weighted by Crippen LogP contribution is -2.23. The van der Waals surface area contributed by atoms with E-state index in [1.165, 1.54) is 5.56 Å². The van der Waals surface area contributed by atoms with Crippen LogP contribution in [0.25, 0.3) is 11.0 Å². The predicted octanol–water partition coefficient (Wildman–Crippen LogP) is 2.59. The molecule has 0 fully saturated rings. The van der Waals surface area contributed by atoms with Crippen LogP contribution < -0.4 is 10.1 Å². The largest absolute Gasteiger partial charge is 0.493 e. The van der Waals surface area contributed by atoms with E-state index in [1.54, 1.807) is 7.11 Å². The van der Waals surface area contributed by atoms with Gasteiger partial charge in [0.15, 0.2) is 11.3 Å². The number of likely N-dealkylation sites (N-methyl/N-ethyl adjacent to an activating group) is 1. The molecule has 1 aromatic carbocycles. The minimum atomic E-state index is 0.437. The fourth-order valence-electron chi connectivity index (χ4n) is 1.83. The fourth-order valence-corrected chi connectivity index (χ4v) is 1.83. The predicted molar refractivity (Wildman–Crippen MR) is 65.0 cm³/mol. The molecule has 0 aliphatic heterocycles. The molecule has 0 radical (unpaired) electrons. The maximum atomic E-state index is 5.56. The third-order valence-corrected chi connectivity index (χ3v) is 2.88. The Kier molecular flexibility index (Phi) is 3.15. The molecule has 2 aromatic rings. The van der Waals surface area contributed by atoms with Crippen LogP contribution in [0.2, 0.25) is 0 Å². The third-order valence-electron chi connectivity index (χ3n) is 2.88. The molecule has 1 heterocycles. The smallest absolute Gasteiger partial charge is 0.175 e. The van der Waals surface area contributed by atoms with Crippen LogP contribution in [0.15, 0.2) is 28.9 Å². The van der Waals surface area contributed by atoms with Gasteiger partial charge in [0, 0.05) is 11.4 Å². The van der Waals surface area contributed by atoms with Crippen LogP contribution in [-0.2, 0) is 6.42 Å². The molecule has 0 saturated carbocycles. The summed E-state index contributed by atoms with van der Waals surface area (Å²) in [5, 5.41) is 4.36. The van der Waals surface area contributed by atoms with Gasteiger partial charge in [-0.25, -0.2) is 0 Å². The Balaban J connectivity index is 2.41. The summed E-state index contributed by atoms with van der Waals surface area (Å²) in [5.41, 5.74) is 2.05. The molecule has 0 aliphatic carbocycles. The Labute approximate surface area is 95.4 Å². The molecule has 2 rings (SSSR count). The van der Waals surface area contributed by atoms with E-state index >= 15 is 0 Å². The highest BCUT2D eigenvalue weighted by Crippen LogP contribution is 2.29. The van der Waals surface area contributed by atoms with Crippen LogP contribution in [0.5, 0.6) is 5.75 Å². The monoisotopic (exact) mass is 219 g/mol. The first-order valence-corrected chi connectivity index (χ1v) is 5.46. The molecule has 3 nitrogen and oxygen atoms in total. The van der Waals surface area contributed by atoms with Crippen LogP contribution >= 0.6 is 0 Å². The molecule has 0 spiro atoms. The van der Waals surface area contributed by atoms with Crippen molar-refractivity contribution in [3.63, 3.8) is 0 Å². The maximum absolute atomic E-state index is 5.56. The first kappa shape index (κ1) is 11.0. The van der Waals surface area contributed by atoms with Crippen molar-refractivity contribution in [2.24, 2.45) is 0 Å². The molecule has 0 aliphatic rings. The van der Waals surface area contributed by atoms with E-state index in [0.717, 1.165) is 23.1 Å². The summed E-state index contributed by atoms with van der Waals surface area (Å²) in [6.07, 6.45) is 2.78. The van der Waals surface area contributed by atoms with Gasteiger partial charge in [-0.2, -0.15) is 0 Å². The SMILES string of the molecule is CNC(C)Cc1coc2c(OC)cccc12. The molecule has 86 valence electrons. The Bertz CT molecular complexity index is 476.